The van der Waals surface area contributed by atoms with Crippen LogP contribution in [0.25, 0.3) is 0 Å². The van der Waals surface area contributed by atoms with Gasteiger partial charge in [0.2, 0.25) is 0 Å². The molecule has 0 amide bonds. The van der Waals surface area contributed by atoms with E-state index in [1.54, 1.807) is 16.9 Å². The van der Waals surface area contributed by atoms with Crippen LogP contribution in [-0.2, 0) is 6.54 Å². The SMILES string of the molecule is CCCCC(CC)Cn1ncc(NCC(C)C)cc1=O. The Kier molecular flexibility index (Phi) is 7.34. The minimum atomic E-state index is -0.00583. The molecule has 0 aromatic carbocycles. The zero-order chi connectivity index (χ0) is 15.0. The monoisotopic (exact) mass is 279 g/mol. The lowest BCUT2D eigenvalue weighted by Crippen LogP contribution is -2.26. The first-order chi connectivity index (χ1) is 9.56. The maximum absolute atomic E-state index is 12.1. The third-order valence-corrected chi connectivity index (χ3v) is 3.56. The van der Waals surface area contributed by atoms with Gasteiger partial charge in [-0.3, -0.25) is 4.79 Å². The van der Waals surface area contributed by atoms with Crippen molar-refractivity contribution in [2.75, 3.05) is 11.9 Å². The molecule has 0 aliphatic rings. The average molecular weight is 279 g/mol. The van der Waals surface area contributed by atoms with Crippen molar-refractivity contribution in [2.45, 2.75) is 59.9 Å². The molecule has 0 aliphatic heterocycles. The molecule has 1 unspecified atom stereocenters. The van der Waals surface area contributed by atoms with Crippen molar-refractivity contribution in [3.8, 4) is 0 Å². The van der Waals surface area contributed by atoms with Gasteiger partial charge in [0.05, 0.1) is 11.9 Å². The summed E-state index contributed by atoms with van der Waals surface area (Å²) in [4.78, 5) is 12.1. The Labute approximate surface area is 122 Å². The molecule has 0 saturated carbocycles. The van der Waals surface area contributed by atoms with E-state index in [0.717, 1.165) is 25.2 Å². The Bertz CT molecular complexity index is 440. The van der Waals surface area contributed by atoms with Gasteiger partial charge in [0.25, 0.3) is 5.56 Å². The van der Waals surface area contributed by atoms with Gasteiger partial charge < -0.3 is 5.32 Å². The maximum atomic E-state index is 12.1. The van der Waals surface area contributed by atoms with Gasteiger partial charge in [-0.15, -0.1) is 0 Å². The molecule has 0 spiro atoms. The lowest BCUT2D eigenvalue weighted by Gasteiger charge is -2.15. The predicted molar refractivity (Wildman–Crippen MR) is 85.1 cm³/mol. The molecule has 4 nitrogen and oxygen atoms in total. The molecule has 0 bridgehead atoms. The fourth-order valence-corrected chi connectivity index (χ4v) is 2.15. The van der Waals surface area contributed by atoms with Crippen molar-refractivity contribution >= 4 is 5.69 Å². The highest BCUT2D eigenvalue weighted by Gasteiger charge is 2.09. The summed E-state index contributed by atoms with van der Waals surface area (Å²) in [5.41, 5.74) is 0.815. The summed E-state index contributed by atoms with van der Waals surface area (Å²) in [6, 6.07) is 1.65. The van der Waals surface area contributed by atoms with E-state index >= 15 is 0 Å². The van der Waals surface area contributed by atoms with Crippen molar-refractivity contribution in [3.05, 3.63) is 22.6 Å². The van der Waals surface area contributed by atoms with Gasteiger partial charge in [0.1, 0.15) is 0 Å². The van der Waals surface area contributed by atoms with Crippen LogP contribution in [0.15, 0.2) is 17.1 Å². The van der Waals surface area contributed by atoms with Crippen molar-refractivity contribution in [1.29, 1.82) is 0 Å². The second-order valence-electron chi connectivity index (χ2n) is 5.96. The smallest absolute Gasteiger partial charge is 0.268 e. The van der Waals surface area contributed by atoms with E-state index in [9.17, 15) is 4.79 Å². The molecule has 1 aromatic rings. The summed E-state index contributed by atoms with van der Waals surface area (Å²) in [7, 11) is 0. The van der Waals surface area contributed by atoms with Crippen LogP contribution in [-0.4, -0.2) is 16.3 Å². The normalized spacial score (nSPS) is 12.7. The Morgan fingerprint density at radius 1 is 1.35 bits per heavy atom. The van der Waals surface area contributed by atoms with Crippen LogP contribution < -0.4 is 10.9 Å². The molecule has 20 heavy (non-hydrogen) atoms. The number of rotatable bonds is 9. The highest BCUT2D eigenvalue weighted by Crippen LogP contribution is 2.14. The van der Waals surface area contributed by atoms with E-state index < -0.39 is 0 Å². The van der Waals surface area contributed by atoms with E-state index in [-0.39, 0.29) is 5.56 Å². The van der Waals surface area contributed by atoms with Crippen molar-refractivity contribution in [1.82, 2.24) is 9.78 Å². The molecule has 0 radical (unpaired) electrons. The number of hydrogen-bond acceptors (Lipinski definition) is 3. The summed E-state index contributed by atoms with van der Waals surface area (Å²) < 4.78 is 1.60. The second-order valence-corrected chi connectivity index (χ2v) is 5.96. The standard InChI is InChI=1S/C16H29N3O/c1-5-7-8-14(6-2)12-19-16(20)9-15(11-18-19)17-10-13(3)4/h9,11,13-14,17H,5-8,10,12H2,1-4H3. The van der Waals surface area contributed by atoms with Crippen molar-refractivity contribution < 1.29 is 0 Å². The molecular weight excluding hydrogens is 250 g/mol. The predicted octanol–water partition coefficient (Wildman–Crippen LogP) is 3.53. The first-order valence-electron chi connectivity index (χ1n) is 7.87. The van der Waals surface area contributed by atoms with Crippen LogP contribution >= 0.6 is 0 Å². The number of anilines is 1. The van der Waals surface area contributed by atoms with Gasteiger partial charge in [-0.25, -0.2) is 4.68 Å². The topological polar surface area (TPSA) is 46.9 Å². The minimum absolute atomic E-state index is 0.00583. The van der Waals surface area contributed by atoms with Gasteiger partial charge >= 0.3 is 0 Å². The number of unbranched alkanes of at least 4 members (excludes halogenated alkanes) is 1. The van der Waals surface area contributed by atoms with Gasteiger partial charge in [-0.1, -0.05) is 47.0 Å². The number of hydrogen-bond donors (Lipinski definition) is 1. The summed E-state index contributed by atoms with van der Waals surface area (Å²) in [6.07, 6.45) is 6.46. The number of nitrogens with zero attached hydrogens (tertiary/aromatic N) is 2. The van der Waals surface area contributed by atoms with E-state index in [1.165, 1.54) is 19.3 Å². The fraction of sp³-hybridized carbons (Fsp3) is 0.750. The van der Waals surface area contributed by atoms with Gasteiger partial charge in [0.15, 0.2) is 0 Å². The molecule has 0 aliphatic carbocycles. The van der Waals surface area contributed by atoms with Crippen LogP contribution in [0.1, 0.15) is 53.4 Å². The minimum Gasteiger partial charge on any atom is -0.383 e. The largest absolute Gasteiger partial charge is 0.383 e. The van der Waals surface area contributed by atoms with Crippen LogP contribution in [0.4, 0.5) is 5.69 Å². The summed E-state index contributed by atoms with van der Waals surface area (Å²) in [6.45, 7) is 10.3. The molecule has 0 fully saturated rings. The number of nitrogens with one attached hydrogen (secondary N) is 1. The molecular formula is C16H29N3O. The van der Waals surface area contributed by atoms with E-state index in [1.807, 2.05) is 0 Å². The quantitative estimate of drug-likeness (QED) is 0.752. The van der Waals surface area contributed by atoms with Crippen molar-refractivity contribution in [2.24, 2.45) is 11.8 Å². The van der Waals surface area contributed by atoms with Gasteiger partial charge in [-0.05, 0) is 18.3 Å². The van der Waals surface area contributed by atoms with E-state index in [2.05, 4.69) is 38.1 Å². The first-order valence-corrected chi connectivity index (χ1v) is 7.87. The Morgan fingerprint density at radius 3 is 2.65 bits per heavy atom. The molecule has 0 saturated heterocycles. The van der Waals surface area contributed by atoms with Gasteiger partial charge in [-0.2, -0.15) is 5.10 Å². The Hall–Kier alpha value is -1.32. The van der Waals surface area contributed by atoms with Crippen LogP contribution in [0.2, 0.25) is 0 Å². The molecule has 1 N–H and O–H groups in total. The zero-order valence-corrected chi connectivity index (χ0v) is 13.4. The lowest BCUT2D eigenvalue weighted by molar-refractivity contribution is 0.363. The van der Waals surface area contributed by atoms with E-state index in [4.69, 9.17) is 0 Å². The van der Waals surface area contributed by atoms with Crippen molar-refractivity contribution in [3.63, 3.8) is 0 Å². The zero-order valence-electron chi connectivity index (χ0n) is 13.4. The molecule has 4 heteroatoms. The second kappa shape index (κ2) is 8.77. The average Bonchev–Trinajstić information content (AvgIpc) is 2.43. The van der Waals surface area contributed by atoms with Gasteiger partial charge in [0, 0.05) is 19.2 Å². The highest BCUT2D eigenvalue weighted by molar-refractivity contribution is 5.38. The Balaban J connectivity index is 2.65. The Morgan fingerprint density at radius 2 is 2.10 bits per heavy atom. The first kappa shape index (κ1) is 16.7. The summed E-state index contributed by atoms with van der Waals surface area (Å²) in [5.74, 6) is 1.10. The highest BCUT2D eigenvalue weighted by atomic mass is 16.1. The van der Waals surface area contributed by atoms with Crippen LogP contribution in [0, 0.1) is 11.8 Å². The lowest BCUT2D eigenvalue weighted by atomic mass is 9.99. The maximum Gasteiger partial charge on any atom is 0.268 e. The molecule has 1 rings (SSSR count). The summed E-state index contributed by atoms with van der Waals surface area (Å²) in [5, 5.41) is 7.53. The molecule has 1 heterocycles. The summed E-state index contributed by atoms with van der Waals surface area (Å²) >= 11 is 0. The fourth-order valence-electron chi connectivity index (χ4n) is 2.15. The molecule has 1 aromatic heterocycles. The third kappa shape index (κ3) is 5.76. The third-order valence-electron chi connectivity index (χ3n) is 3.56. The number of aromatic nitrogens is 2. The molecule has 114 valence electrons. The van der Waals surface area contributed by atoms with Crippen LogP contribution in [0.5, 0.6) is 0 Å². The van der Waals surface area contributed by atoms with E-state index in [0.29, 0.717) is 11.8 Å². The molecule has 1 atom stereocenters. The van der Waals surface area contributed by atoms with Crippen LogP contribution in [0.3, 0.4) is 0 Å².